The number of halogens is 1. The van der Waals surface area contributed by atoms with E-state index >= 15 is 0 Å². The highest BCUT2D eigenvalue weighted by Gasteiger charge is 1.97. The van der Waals surface area contributed by atoms with Crippen LogP contribution in [0.2, 0.25) is 5.02 Å². The molecule has 0 aliphatic carbocycles. The van der Waals surface area contributed by atoms with Crippen molar-refractivity contribution < 1.29 is 4.79 Å². The number of aromatic nitrogens is 2. The first-order valence-electron chi connectivity index (χ1n) is 5.43. The fraction of sp³-hybridized carbons (Fsp3) is 0.0769. The SMILES string of the molecule is O=C(C=Cc1ccc(Cl)cc1)NCc1cnc[nH]1. The van der Waals surface area contributed by atoms with E-state index < -0.39 is 0 Å². The summed E-state index contributed by atoms with van der Waals surface area (Å²) in [5, 5.41) is 3.42. The van der Waals surface area contributed by atoms with Crippen molar-refractivity contribution in [1.29, 1.82) is 0 Å². The van der Waals surface area contributed by atoms with Gasteiger partial charge < -0.3 is 10.3 Å². The molecule has 2 N–H and O–H groups in total. The van der Waals surface area contributed by atoms with E-state index in [9.17, 15) is 4.79 Å². The number of nitrogens with zero attached hydrogens (tertiary/aromatic N) is 1. The molecular formula is C13H12ClN3O. The standard InChI is InChI=1S/C13H12ClN3O/c14-11-4-1-10(2-5-11)3-6-13(18)16-8-12-7-15-9-17-12/h1-7,9H,8H2,(H,15,17)(H,16,18). The number of hydrogen-bond donors (Lipinski definition) is 2. The maximum absolute atomic E-state index is 11.5. The molecule has 18 heavy (non-hydrogen) atoms. The first kappa shape index (κ1) is 12.4. The van der Waals surface area contributed by atoms with E-state index in [0.29, 0.717) is 11.6 Å². The topological polar surface area (TPSA) is 57.8 Å². The number of carbonyl (C=O) groups is 1. The molecule has 0 atom stereocenters. The molecule has 4 nitrogen and oxygen atoms in total. The minimum Gasteiger partial charge on any atom is -0.347 e. The van der Waals surface area contributed by atoms with Crippen LogP contribution in [-0.2, 0) is 11.3 Å². The summed E-state index contributed by atoms with van der Waals surface area (Å²) in [4.78, 5) is 18.3. The third-order valence-electron chi connectivity index (χ3n) is 2.31. The van der Waals surface area contributed by atoms with Crippen LogP contribution in [0.25, 0.3) is 6.08 Å². The van der Waals surface area contributed by atoms with Crippen LogP contribution in [-0.4, -0.2) is 15.9 Å². The number of amides is 1. The molecule has 0 fully saturated rings. The van der Waals surface area contributed by atoms with Crippen molar-refractivity contribution in [2.75, 3.05) is 0 Å². The van der Waals surface area contributed by atoms with Gasteiger partial charge in [0.05, 0.1) is 18.6 Å². The van der Waals surface area contributed by atoms with Gasteiger partial charge in [-0.2, -0.15) is 0 Å². The van der Waals surface area contributed by atoms with E-state index in [0.717, 1.165) is 11.3 Å². The zero-order valence-corrected chi connectivity index (χ0v) is 10.3. The number of hydrogen-bond acceptors (Lipinski definition) is 2. The smallest absolute Gasteiger partial charge is 0.244 e. The highest BCUT2D eigenvalue weighted by atomic mass is 35.5. The van der Waals surface area contributed by atoms with E-state index in [1.807, 2.05) is 12.1 Å². The monoisotopic (exact) mass is 261 g/mol. The molecule has 0 saturated heterocycles. The van der Waals surface area contributed by atoms with Crippen LogP contribution in [0.1, 0.15) is 11.3 Å². The third kappa shape index (κ3) is 3.75. The van der Waals surface area contributed by atoms with Crippen molar-refractivity contribution in [3.8, 4) is 0 Å². The Balaban J connectivity index is 1.85. The van der Waals surface area contributed by atoms with Gasteiger partial charge in [-0.3, -0.25) is 4.79 Å². The van der Waals surface area contributed by atoms with Crippen molar-refractivity contribution in [2.24, 2.45) is 0 Å². The molecule has 1 amide bonds. The number of imidazole rings is 1. The fourth-order valence-electron chi connectivity index (χ4n) is 1.37. The Hall–Kier alpha value is -2.07. The molecule has 0 spiro atoms. The number of nitrogens with one attached hydrogen (secondary N) is 2. The van der Waals surface area contributed by atoms with Crippen molar-refractivity contribution in [2.45, 2.75) is 6.54 Å². The Morgan fingerprint density at radius 1 is 1.39 bits per heavy atom. The summed E-state index contributed by atoms with van der Waals surface area (Å²) < 4.78 is 0. The molecule has 92 valence electrons. The van der Waals surface area contributed by atoms with E-state index in [1.54, 1.807) is 30.7 Å². The highest BCUT2D eigenvalue weighted by molar-refractivity contribution is 6.30. The zero-order valence-electron chi connectivity index (χ0n) is 9.56. The molecule has 2 rings (SSSR count). The van der Waals surface area contributed by atoms with Gasteiger partial charge in [0.15, 0.2) is 0 Å². The maximum atomic E-state index is 11.5. The third-order valence-corrected chi connectivity index (χ3v) is 2.56. The van der Waals surface area contributed by atoms with Crippen molar-refractivity contribution in [3.63, 3.8) is 0 Å². The lowest BCUT2D eigenvalue weighted by Gasteiger charge is -1.99. The Morgan fingerprint density at radius 3 is 2.83 bits per heavy atom. The summed E-state index contributed by atoms with van der Waals surface area (Å²) in [6.07, 6.45) is 6.46. The van der Waals surface area contributed by atoms with E-state index in [4.69, 9.17) is 11.6 Å². The average molecular weight is 262 g/mol. The minimum atomic E-state index is -0.153. The van der Waals surface area contributed by atoms with E-state index in [2.05, 4.69) is 15.3 Å². The Kier molecular flexibility index (Phi) is 4.15. The summed E-state index contributed by atoms with van der Waals surface area (Å²) in [6, 6.07) is 7.26. The van der Waals surface area contributed by atoms with Gasteiger partial charge in [0, 0.05) is 17.3 Å². The summed E-state index contributed by atoms with van der Waals surface area (Å²) in [7, 11) is 0. The van der Waals surface area contributed by atoms with E-state index in [-0.39, 0.29) is 5.91 Å². The van der Waals surface area contributed by atoms with Crippen molar-refractivity contribution >= 4 is 23.6 Å². The molecule has 1 aromatic heterocycles. The Bertz CT molecular complexity index is 532. The van der Waals surface area contributed by atoms with Crippen LogP contribution in [0.15, 0.2) is 42.9 Å². The number of carbonyl (C=O) groups excluding carboxylic acids is 1. The second-order valence-electron chi connectivity index (χ2n) is 3.68. The summed E-state index contributed by atoms with van der Waals surface area (Å²) >= 11 is 5.77. The number of benzene rings is 1. The number of H-pyrrole nitrogens is 1. The first-order valence-corrected chi connectivity index (χ1v) is 5.80. The molecule has 0 saturated carbocycles. The van der Waals surface area contributed by atoms with Crippen molar-refractivity contribution in [3.05, 3.63) is 59.1 Å². The Labute approximate surface area is 110 Å². The lowest BCUT2D eigenvalue weighted by Crippen LogP contribution is -2.20. The predicted octanol–water partition coefficient (Wildman–Crippen LogP) is 2.39. The maximum Gasteiger partial charge on any atom is 0.244 e. The first-order chi connectivity index (χ1) is 8.74. The van der Waals surface area contributed by atoms with Gasteiger partial charge in [-0.05, 0) is 23.8 Å². The molecule has 0 radical (unpaired) electrons. The van der Waals surface area contributed by atoms with Gasteiger partial charge in [0.25, 0.3) is 0 Å². The van der Waals surface area contributed by atoms with Crippen LogP contribution < -0.4 is 5.32 Å². The van der Waals surface area contributed by atoms with E-state index in [1.165, 1.54) is 6.08 Å². The highest BCUT2D eigenvalue weighted by Crippen LogP contribution is 2.10. The predicted molar refractivity (Wildman–Crippen MR) is 70.9 cm³/mol. The zero-order chi connectivity index (χ0) is 12.8. The number of aromatic amines is 1. The Morgan fingerprint density at radius 2 is 2.17 bits per heavy atom. The number of rotatable bonds is 4. The summed E-state index contributed by atoms with van der Waals surface area (Å²) in [6.45, 7) is 0.434. The van der Waals surface area contributed by atoms with Crippen LogP contribution in [0, 0.1) is 0 Å². The fourth-order valence-corrected chi connectivity index (χ4v) is 1.49. The normalized spacial score (nSPS) is 10.7. The van der Waals surface area contributed by atoms with Gasteiger partial charge in [-0.15, -0.1) is 0 Å². The molecule has 0 aliphatic heterocycles. The van der Waals surface area contributed by atoms with Crippen LogP contribution in [0.3, 0.4) is 0 Å². The average Bonchev–Trinajstić information content (AvgIpc) is 2.89. The lowest BCUT2D eigenvalue weighted by molar-refractivity contribution is -0.116. The van der Waals surface area contributed by atoms with Crippen LogP contribution in [0.4, 0.5) is 0 Å². The molecular weight excluding hydrogens is 250 g/mol. The summed E-state index contributed by atoms with van der Waals surface area (Å²) in [5.74, 6) is -0.153. The molecule has 0 bridgehead atoms. The molecule has 1 heterocycles. The van der Waals surface area contributed by atoms with Gasteiger partial charge in [-0.1, -0.05) is 23.7 Å². The lowest BCUT2D eigenvalue weighted by atomic mass is 10.2. The largest absolute Gasteiger partial charge is 0.347 e. The van der Waals surface area contributed by atoms with Gasteiger partial charge in [0.2, 0.25) is 5.91 Å². The van der Waals surface area contributed by atoms with Crippen molar-refractivity contribution in [1.82, 2.24) is 15.3 Å². The summed E-state index contributed by atoms with van der Waals surface area (Å²) in [5.41, 5.74) is 1.79. The van der Waals surface area contributed by atoms with Crippen LogP contribution >= 0.6 is 11.6 Å². The van der Waals surface area contributed by atoms with Crippen LogP contribution in [0.5, 0.6) is 0 Å². The van der Waals surface area contributed by atoms with Gasteiger partial charge in [0.1, 0.15) is 0 Å². The quantitative estimate of drug-likeness (QED) is 0.831. The molecule has 2 aromatic rings. The van der Waals surface area contributed by atoms with Gasteiger partial charge in [-0.25, -0.2) is 4.98 Å². The minimum absolute atomic E-state index is 0.153. The molecule has 0 aliphatic rings. The second-order valence-corrected chi connectivity index (χ2v) is 4.12. The van der Waals surface area contributed by atoms with Gasteiger partial charge >= 0.3 is 0 Å². The molecule has 1 aromatic carbocycles. The molecule has 5 heteroatoms. The second kappa shape index (κ2) is 6.02. The molecule has 0 unspecified atom stereocenters.